The largest absolute Gasteiger partial charge is 0.467 e. The first-order valence-electron chi connectivity index (χ1n) is 9.11. The topological polar surface area (TPSA) is 81.2 Å². The average Bonchev–Trinajstić information content (AvgIpc) is 3.34. The third kappa shape index (κ3) is 8.73. The fraction of sp³-hybridized carbons (Fsp3) is 0.526. The predicted octanol–water partition coefficient (Wildman–Crippen LogP) is 2.94. The number of ether oxygens (including phenoxy) is 2. The van der Waals surface area contributed by atoms with Crippen molar-refractivity contribution in [3.8, 4) is 0 Å². The number of aliphatic imine (C=N–C) groups is 1. The first-order chi connectivity index (χ1) is 12.9. The highest BCUT2D eigenvalue weighted by Gasteiger charge is 1.99. The van der Waals surface area contributed by atoms with E-state index in [9.17, 15) is 0 Å². The van der Waals surface area contributed by atoms with Gasteiger partial charge < -0.3 is 28.9 Å². The Morgan fingerprint density at radius 1 is 0.962 bits per heavy atom. The molecule has 0 aliphatic rings. The first kappa shape index (κ1) is 20.1. The van der Waals surface area contributed by atoms with Gasteiger partial charge in [-0.25, -0.2) is 0 Å². The van der Waals surface area contributed by atoms with Crippen molar-refractivity contribution < 1.29 is 18.3 Å². The highest BCUT2D eigenvalue weighted by Crippen LogP contribution is 2.02. The summed E-state index contributed by atoms with van der Waals surface area (Å²) >= 11 is 0. The second-order valence-electron chi connectivity index (χ2n) is 5.66. The normalized spacial score (nSPS) is 11.7. The van der Waals surface area contributed by atoms with Crippen LogP contribution in [0.3, 0.4) is 0 Å². The molecule has 2 aromatic heterocycles. The Balaban J connectivity index is 1.49. The van der Waals surface area contributed by atoms with E-state index in [1.165, 1.54) is 0 Å². The zero-order chi connectivity index (χ0) is 18.3. The van der Waals surface area contributed by atoms with Gasteiger partial charge in [0.05, 0.1) is 12.5 Å². The fourth-order valence-electron chi connectivity index (χ4n) is 2.22. The molecule has 2 heterocycles. The Morgan fingerprint density at radius 2 is 1.62 bits per heavy atom. The van der Waals surface area contributed by atoms with Gasteiger partial charge in [-0.2, -0.15) is 0 Å². The molecule has 7 heteroatoms. The molecule has 0 atom stereocenters. The van der Waals surface area contributed by atoms with Crippen LogP contribution < -0.4 is 10.6 Å². The van der Waals surface area contributed by atoms with Crippen molar-refractivity contribution in [3.05, 3.63) is 48.3 Å². The minimum absolute atomic E-state index is 0.507. The minimum atomic E-state index is 0.507. The van der Waals surface area contributed by atoms with Gasteiger partial charge in [0.2, 0.25) is 0 Å². The Kier molecular flexibility index (Phi) is 10.0. The number of rotatable bonds is 13. The van der Waals surface area contributed by atoms with Crippen LogP contribution in [-0.2, 0) is 22.7 Å². The molecule has 2 rings (SSSR count). The van der Waals surface area contributed by atoms with E-state index < -0.39 is 0 Å². The first-order valence-corrected chi connectivity index (χ1v) is 9.11. The summed E-state index contributed by atoms with van der Waals surface area (Å²) in [6.07, 6.45) is 5.07. The van der Waals surface area contributed by atoms with E-state index in [1.54, 1.807) is 12.5 Å². The molecule has 26 heavy (non-hydrogen) atoms. The molecule has 0 saturated heterocycles. The summed E-state index contributed by atoms with van der Waals surface area (Å²) in [5.41, 5.74) is 0. The number of hydrogen-bond donors (Lipinski definition) is 2. The van der Waals surface area contributed by atoms with Crippen LogP contribution in [-0.4, -0.2) is 38.8 Å². The van der Waals surface area contributed by atoms with Crippen molar-refractivity contribution in [2.24, 2.45) is 4.99 Å². The lowest BCUT2D eigenvalue weighted by Gasteiger charge is -2.11. The van der Waals surface area contributed by atoms with E-state index in [1.807, 2.05) is 24.3 Å². The molecule has 7 nitrogen and oxygen atoms in total. The predicted molar refractivity (Wildman–Crippen MR) is 99.9 cm³/mol. The molecule has 0 aliphatic carbocycles. The molecule has 0 bridgehead atoms. The fourth-order valence-corrected chi connectivity index (χ4v) is 2.22. The number of furan rings is 2. The van der Waals surface area contributed by atoms with Crippen LogP contribution in [0.15, 0.2) is 50.6 Å². The van der Waals surface area contributed by atoms with Crippen LogP contribution in [0, 0.1) is 0 Å². The van der Waals surface area contributed by atoms with E-state index in [2.05, 4.69) is 22.5 Å². The van der Waals surface area contributed by atoms with Gasteiger partial charge in [0.1, 0.15) is 24.7 Å². The molecule has 0 radical (unpaired) electrons. The molecule has 0 unspecified atom stereocenters. The molecule has 0 spiro atoms. The third-order valence-corrected chi connectivity index (χ3v) is 3.47. The van der Waals surface area contributed by atoms with Crippen LogP contribution in [0.2, 0.25) is 0 Å². The molecule has 0 amide bonds. The summed E-state index contributed by atoms with van der Waals surface area (Å²) in [6, 6.07) is 7.54. The van der Waals surface area contributed by atoms with Crippen molar-refractivity contribution >= 4 is 5.96 Å². The van der Waals surface area contributed by atoms with Crippen LogP contribution in [0.25, 0.3) is 0 Å². The zero-order valence-corrected chi connectivity index (χ0v) is 15.4. The molecule has 2 aromatic rings. The second-order valence-corrected chi connectivity index (χ2v) is 5.66. The maximum atomic E-state index is 5.56. The van der Waals surface area contributed by atoms with Crippen LogP contribution in [0.4, 0.5) is 0 Å². The van der Waals surface area contributed by atoms with Crippen molar-refractivity contribution in [2.75, 3.05) is 32.8 Å². The van der Waals surface area contributed by atoms with E-state index in [-0.39, 0.29) is 0 Å². The minimum Gasteiger partial charge on any atom is -0.467 e. The van der Waals surface area contributed by atoms with Gasteiger partial charge in [-0.1, -0.05) is 0 Å². The van der Waals surface area contributed by atoms with Gasteiger partial charge in [-0.15, -0.1) is 0 Å². The summed E-state index contributed by atoms with van der Waals surface area (Å²) in [6.45, 7) is 6.75. The molecule has 0 aliphatic heterocycles. The summed E-state index contributed by atoms with van der Waals surface area (Å²) in [5.74, 6) is 2.52. The van der Waals surface area contributed by atoms with Gasteiger partial charge >= 0.3 is 0 Å². The molecule has 0 aromatic carbocycles. The van der Waals surface area contributed by atoms with Gasteiger partial charge in [-0.05, 0) is 44.0 Å². The van der Waals surface area contributed by atoms with Gasteiger partial charge in [0.25, 0.3) is 0 Å². The van der Waals surface area contributed by atoms with E-state index in [4.69, 9.17) is 18.3 Å². The molecule has 0 saturated carbocycles. The van der Waals surface area contributed by atoms with Crippen LogP contribution >= 0.6 is 0 Å². The Labute approximate surface area is 154 Å². The lowest BCUT2D eigenvalue weighted by Crippen LogP contribution is -2.38. The summed E-state index contributed by atoms with van der Waals surface area (Å²) in [5, 5.41) is 6.54. The molecule has 0 fully saturated rings. The summed E-state index contributed by atoms with van der Waals surface area (Å²) < 4.78 is 21.5. The number of guanidine groups is 1. The molecule has 2 N–H and O–H groups in total. The molecular weight excluding hydrogens is 334 g/mol. The smallest absolute Gasteiger partial charge is 0.191 e. The van der Waals surface area contributed by atoms with Gasteiger partial charge in [0.15, 0.2) is 5.96 Å². The second kappa shape index (κ2) is 13.0. The Morgan fingerprint density at radius 3 is 2.19 bits per heavy atom. The lowest BCUT2D eigenvalue weighted by atomic mass is 10.4. The highest BCUT2D eigenvalue weighted by molar-refractivity contribution is 5.79. The summed E-state index contributed by atoms with van der Waals surface area (Å²) in [7, 11) is 0. The third-order valence-electron chi connectivity index (χ3n) is 3.47. The van der Waals surface area contributed by atoms with Gasteiger partial charge in [-0.3, -0.25) is 4.99 Å². The van der Waals surface area contributed by atoms with Crippen molar-refractivity contribution in [1.29, 1.82) is 0 Å². The standard InChI is InChI=1S/C19H29N3O4/c1-2-20-19(21-9-5-11-23-15-17-7-3-13-25-17)22-10-6-12-24-16-18-8-4-14-26-18/h3-4,7-8,13-14H,2,5-6,9-12,15-16H2,1H3,(H2,20,21,22). The van der Waals surface area contributed by atoms with E-state index in [0.717, 1.165) is 43.4 Å². The Bertz CT molecular complexity index is 582. The van der Waals surface area contributed by atoms with Crippen LogP contribution in [0.5, 0.6) is 0 Å². The van der Waals surface area contributed by atoms with Crippen molar-refractivity contribution in [2.45, 2.75) is 33.0 Å². The quantitative estimate of drug-likeness (QED) is 0.323. The SMILES string of the molecule is CCNC(=NCCCOCc1ccco1)NCCCOCc1ccco1. The molecule has 144 valence electrons. The Hall–Kier alpha value is -2.25. The average molecular weight is 363 g/mol. The van der Waals surface area contributed by atoms with Crippen molar-refractivity contribution in [3.63, 3.8) is 0 Å². The summed E-state index contributed by atoms with van der Waals surface area (Å²) in [4.78, 5) is 4.54. The maximum absolute atomic E-state index is 5.56. The number of nitrogens with one attached hydrogen (secondary N) is 2. The van der Waals surface area contributed by atoms with E-state index in [0.29, 0.717) is 33.0 Å². The van der Waals surface area contributed by atoms with Crippen LogP contribution in [0.1, 0.15) is 31.3 Å². The highest BCUT2D eigenvalue weighted by atomic mass is 16.5. The monoisotopic (exact) mass is 363 g/mol. The molecular formula is C19H29N3O4. The van der Waals surface area contributed by atoms with E-state index >= 15 is 0 Å². The van der Waals surface area contributed by atoms with Crippen molar-refractivity contribution in [1.82, 2.24) is 10.6 Å². The lowest BCUT2D eigenvalue weighted by molar-refractivity contribution is 0.104. The maximum Gasteiger partial charge on any atom is 0.191 e. The van der Waals surface area contributed by atoms with Gasteiger partial charge in [0, 0.05) is 32.8 Å². The number of hydrogen-bond acceptors (Lipinski definition) is 5. The zero-order valence-electron chi connectivity index (χ0n) is 15.4. The number of nitrogens with zero attached hydrogens (tertiary/aromatic N) is 1.